The Bertz CT molecular complexity index is 1070. The fraction of sp³-hybridized carbons (Fsp3) is 0.292. The zero-order valence-corrected chi connectivity index (χ0v) is 16.6. The molecule has 0 saturated heterocycles. The summed E-state index contributed by atoms with van der Waals surface area (Å²) in [7, 11) is 0. The highest BCUT2D eigenvalue weighted by molar-refractivity contribution is 6.30. The largest absolute Gasteiger partial charge is 0.343 e. The summed E-state index contributed by atoms with van der Waals surface area (Å²) in [5.74, 6) is 0. The van der Waals surface area contributed by atoms with Gasteiger partial charge in [-0.25, -0.2) is 4.98 Å². The Balaban J connectivity index is 1.59. The molecule has 0 bridgehead atoms. The predicted octanol–water partition coefficient (Wildman–Crippen LogP) is 6.05. The monoisotopic (exact) mass is 389 g/mol. The maximum Gasteiger partial charge on any atom is 0.0946 e. The van der Waals surface area contributed by atoms with Gasteiger partial charge in [0.15, 0.2) is 0 Å². The van der Waals surface area contributed by atoms with E-state index in [0.29, 0.717) is 0 Å². The average molecular weight is 390 g/mol. The first-order valence-corrected chi connectivity index (χ1v) is 10.4. The number of imidazole rings is 1. The van der Waals surface area contributed by atoms with E-state index in [1.165, 1.54) is 47.7 Å². The first-order valence-electron chi connectivity index (χ1n) is 10.0. The second-order valence-corrected chi connectivity index (χ2v) is 8.47. The Morgan fingerprint density at radius 3 is 2.54 bits per heavy atom. The van der Waals surface area contributed by atoms with Crippen molar-refractivity contribution in [3.8, 4) is 0 Å². The molecule has 0 spiro atoms. The number of aromatic nitrogens is 3. The van der Waals surface area contributed by atoms with Gasteiger partial charge in [0, 0.05) is 53.0 Å². The molecule has 0 amide bonds. The third-order valence-electron chi connectivity index (χ3n) is 6.23. The molecule has 1 saturated carbocycles. The molecule has 0 unspecified atom stereocenters. The van der Waals surface area contributed by atoms with Crippen LogP contribution in [0.3, 0.4) is 0 Å². The van der Waals surface area contributed by atoms with Gasteiger partial charge in [-0.05, 0) is 42.2 Å². The maximum atomic E-state index is 6.07. The van der Waals surface area contributed by atoms with Gasteiger partial charge in [-0.15, -0.1) is 0 Å². The van der Waals surface area contributed by atoms with Crippen molar-refractivity contribution in [3.63, 3.8) is 0 Å². The molecule has 4 aromatic rings. The highest BCUT2D eigenvalue weighted by atomic mass is 35.5. The van der Waals surface area contributed by atoms with Gasteiger partial charge < -0.3 is 9.13 Å². The molecule has 0 aliphatic heterocycles. The lowest BCUT2D eigenvalue weighted by atomic mass is 9.78. The molecule has 1 aliphatic carbocycles. The lowest BCUT2D eigenvalue weighted by Crippen LogP contribution is -2.28. The molecule has 5 rings (SSSR count). The summed E-state index contributed by atoms with van der Waals surface area (Å²) in [6, 6.07) is 17.0. The van der Waals surface area contributed by atoms with Crippen LogP contribution in [-0.2, 0) is 18.5 Å². The number of hydrogen-bond donors (Lipinski definition) is 0. The zero-order chi connectivity index (χ0) is 19.0. The molecule has 1 aliphatic rings. The van der Waals surface area contributed by atoms with Gasteiger partial charge in [0.25, 0.3) is 0 Å². The summed E-state index contributed by atoms with van der Waals surface area (Å²) in [5.41, 5.74) is 4.25. The van der Waals surface area contributed by atoms with E-state index in [0.717, 1.165) is 18.1 Å². The summed E-state index contributed by atoms with van der Waals surface area (Å²) in [6.07, 6.45) is 13.4. The lowest BCUT2D eigenvalue weighted by Gasteiger charge is -2.29. The first kappa shape index (κ1) is 17.6. The summed E-state index contributed by atoms with van der Waals surface area (Å²) in [4.78, 5) is 4.27. The molecular formula is C24H24ClN3. The Morgan fingerprint density at radius 1 is 1.00 bits per heavy atom. The highest BCUT2D eigenvalue weighted by Crippen LogP contribution is 2.45. The van der Waals surface area contributed by atoms with Gasteiger partial charge >= 0.3 is 0 Å². The van der Waals surface area contributed by atoms with Crippen LogP contribution in [0.5, 0.6) is 0 Å². The van der Waals surface area contributed by atoms with E-state index in [9.17, 15) is 0 Å². The number of rotatable bonds is 5. The topological polar surface area (TPSA) is 22.8 Å². The van der Waals surface area contributed by atoms with Crippen molar-refractivity contribution < 1.29 is 0 Å². The number of nitrogens with zero attached hydrogens (tertiary/aromatic N) is 3. The number of fused-ring (bicyclic) bond motifs is 1. The SMILES string of the molecule is Clc1ccc(Cn2cc(C3(Cn4ccnc4)CCCC3)c3ccccc32)cc1. The quantitative estimate of drug-likeness (QED) is 0.407. The summed E-state index contributed by atoms with van der Waals surface area (Å²) < 4.78 is 4.65. The molecule has 3 nitrogen and oxygen atoms in total. The lowest BCUT2D eigenvalue weighted by molar-refractivity contribution is 0.373. The molecule has 0 N–H and O–H groups in total. The highest BCUT2D eigenvalue weighted by Gasteiger charge is 2.38. The third kappa shape index (κ3) is 3.14. The predicted molar refractivity (Wildman–Crippen MR) is 115 cm³/mol. The van der Waals surface area contributed by atoms with Crippen LogP contribution in [-0.4, -0.2) is 14.1 Å². The van der Waals surface area contributed by atoms with Gasteiger partial charge in [0.05, 0.1) is 6.33 Å². The molecule has 1 fully saturated rings. The van der Waals surface area contributed by atoms with E-state index in [4.69, 9.17) is 11.6 Å². The van der Waals surface area contributed by atoms with E-state index in [1.807, 2.05) is 24.7 Å². The number of hydrogen-bond acceptors (Lipinski definition) is 1. The van der Waals surface area contributed by atoms with E-state index in [2.05, 4.69) is 62.9 Å². The van der Waals surface area contributed by atoms with Crippen LogP contribution >= 0.6 is 11.6 Å². The van der Waals surface area contributed by atoms with Gasteiger partial charge in [-0.3, -0.25) is 0 Å². The molecule has 142 valence electrons. The van der Waals surface area contributed by atoms with Crippen molar-refractivity contribution >= 4 is 22.5 Å². The normalized spacial score (nSPS) is 16.0. The van der Waals surface area contributed by atoms with Crippen LogP contribution < -0.4 is 0 Å². The second kappa shape index (κ2) is 7.14. The van der Waals surface area contributed by atoms with Crippen molar-refractivity contribution in [2.75, 3.05) is 0 Å². The van der Waals surface area contributed by atoms with Crippen molar-refractivity contribution in [2.24, 2.45) is 0 Å². The molecule has 28 heavy (non-hydrogen) atoms. The zero-order valence-electron chi connectivity index (χ0n) is 15.9. The van der Waals surface area contributed by atoms with E-state index in [1.54, 1.807) is 0 Å². The summed E-state index contributed by atoms with van der Waals surface area (Å²) >= 11 is 6.07. The Kier molecular flexibility index (Phi) is 4.48. The summed E-state index contributed by atoms with van der Waals surface area (Å²) in [6.45, 7) is 1.86. The van der Waals surface area contributed by atoms with Crippen molar-refractivity contribution in [2.45, 2.75) is 44.2 Å². The van der Waals surface area contributed by atoms with E-state index < -0.39 is 0 Å². The van der Waals surface area contributed by atoms with E-state index in [-0.39, 0.29) is 5.41 Å². The minimum Gasteiger partial charge on any atom is -0.343 e. The summed E-state index contributed by atoms with van der Waals surface area (Å²) in [5, 5.41) is 2.17. The van der Waals surface area contributed by atoms with Gasteiger partial charge in [0.1, 0.15) is 0 Å². The van der Waals surface area contributed by atoms with Gasteiger partial charge in [-0.2, -0.15) is 0 Å². The maximum absolute atomic E-state index is 6.07. The molecular weight excluding hydrogens is 366 g/mol. The number of para-hydroxylation sites is 1. The van der Waals surface area contributed by atoms with Gasteiger partial charge in [0.2, 0.25) is 0 Å². The fourth-order valence-electron chi connectivity index (χ4n) is 4.88. The van der Waals surface area contributed by atoms with Crippen molar-refractivity contribution in [1.29, 1.82) is 0 Å². The third-order valence-corrected chi connectivity index (χ3v) is 6.48. The number of halogens is 1. The van der Waals surface area contributed by atoms with Crippen molar-refractivity contribution in [3.05, 3.63) is 89.6 Å². The molecule has 2 aromatic heterocycles. The van der Waals surface area contributed by atoms with Crippen LogP contribution in [0.15, 0.2) is 73.4 Å². The second-order valence-electron chi connectivity index (χ2n) is 8.04. The van der Waals surface area contributed by atoms with E-state index >= 15 is 0 Å². The van der Waals surface area contributed by atoms with Crippen molar-refractivity contribution in [1.82, 2.24) is 14.1 Å². The van der Waals surface area contributed by atoms with Gasteiger partial charge in [-0.1, -0.05) is 54.8 Å². The smallest absolute Gasteiger partial charge is 0.0946 e. The average Bonchev–Trinajstić information content (AvgIpc) is 3.46. The Hall–Kier alpha value is -2.52. The van der Waals surface area contributed by atoms with Crippen LogP contribution in [0.4, 0.5) is 0 Å². The van der Waals surface area contributed by atoms with Crippen LogP contribution in [0.1, 0.15) is 36.8 Å². The molecule has 2 aromatic carbocycles. The molecule has 2 heterocycles. The minimum absolute atomic E-state index is 0.186. The standard InChI is InChI=1S/C24H24ClN3/c25-20-9-7-19(8-10-20)15-28-16-22(21-5-1-2-6-23(21)28)24(11-3-4-12-24)17-27-14-13-26-18-27/h1-2,5-10,13-14,16,18H,3-4,11-12,15,17H2. The Morgan fingerprint density at radius 2 is 1.79 bits per heavy atom. The molecule has 0 radical (unpaired) electrons. The molecule has 0 atom stereocenters. The minimum atomic E-state index is 0.186. The van der Waals surface area contributed by atoms with Crippen LogP contribution in [0, 0.1) is 0 Å². The Labute approximate surface area is 170 Å². The molecule has 4 heteroatoms. The first-order chi connectivity index (χ1) is 13.7. The fourth-order valence-corrected chi connectivity index (χ4v) is 5.01. The van der Waals surface area contributed by atoms with Crippen LogP contribution in [0.25, 0.3) is 10.9 Å². The number of benzene rings is 2. The van der Waals surface area contributed by atoms with Crippen LogP contribution in [0.2, 0.25) is 5.02 Å².